The van der Waals surface area contributed by atoms with Gasteiger partial charge in [0.1, 0.15) is 16.4 Å². The maximum Gasteiger partial charge on any atom is 0.416 e. The van der Waals surface area contributed by atoms with E-state index in [0.29, 0.717) is 18.2 Å². The van der Waals surface area contributed by atoms with Crippen LogP contribution in [0.3, 0.4) is 0 Å². The average Bonchev–Trinajstić information content (AvgIpc) is 3.31. The third-order valence-corrected chi connectivity index (χ3v) is 6.96. The van der Waals surface area contributed by atoms with Gasteiger partial charge in [-0.25, -0.2) is 0 Å². The summed E-state index contributed by atoms with van der Waals surface area (Å²) in [4.78, 5) is 14.3. The Kier molecular flexibility index (Phi) is 8.97. The van der Waals surface area contributed by atoms with Crippen molar-refractivity contribution in [2.75, 3.05) is 0 Å². The molecule has 0 unspecified atom stereocenters. The Morgan fingerprint density at radius 3 is 2.26 bits per heavy atom. The molecule has 1 atom stereocenters. The summed E-state index contributed by atoms with van der Waals surface area (Å²) in [5, 5.41) is 0. The van der Waals surface area contributed by atoms with Crippen molar-refractivity contribution >= 4 is 16.0 Å². The lowest BCUT2D eigenvalue weighted by Crippen LogP contribution is -2.31. The predicted molar refractivity (Wildman–Crippen MR) is 137 cm³/mol. The highest BCUT2D eigenvalue weighted by Crippen LogP contribution is 2.31. The molecule has 2 aromatic carbocycles. The van der Waals surface area contributed by atoms with Gasteiger partial charge in [-0.15, -0.1) is 0 Å². The normalized spacial score (nSPS) is 13.2. The van der Waals surface area contributed by atoms with Crippen LogP contribution in [0.15, 0.2) is 76.2 Å². The number of carbonyl (C=O) groups excluding carboxylic acids is 1. The minimum absolute atomic E-state index is 0.0365. The molecule has 1 heterocycles. The molecule has 0 aliphatic rings. The molecular formula is C28H32F3NO5S. The Bertz CT molecular complexity index is 1310. The van der Waals surface area contributed by atoms with Crippen molar-refractivity contribution < 1.29 is 35.0 Å². The standard InChI is InChI=1S/C28H32F3NO5S/c1-20(17-27(2,3)4)15-26(33)32(19-24-8-6-14-36-24)18-21-10-12-23(13-11-21)37-38(34,35)25-9-5-7-22(16-25)28(29,30)31/h5-14,16,20H,15,17-19H2,1-4H3/t20-/m0/s1. The molecule has 10 heteroatoms. The van der Waals surface area contributed by atoms with Gasteiger partial charge in [0.2, 0.25) is 5.91 Å². The van der Waals surface area contributed by atoms with Crippen LogP contribution in [0.2, 0.25) is 0 Å². The van der Waals surface area contributed by atoms with Crippen LogP contribution in [0.25, 0.3) is 0 Å². The molecule has 3 rings (SSSR count). The molecule has 0 bridgehead atoms. The van der Waals surface area contributed by atoms with E-state index in [-0.39, 0.29) is 36.1 Å². The fourth-order valence-electron chi connectivity index (χ4n) is 4.24. The molecule has 206 valence electrons. The maximum atomic E-state index is 13.2. The number of hydrogen-bond acceptors (Lipinski definition) is 5. The van der Waals surface area contributed by atoms with Crippen molar-refractivity contribution in [2.45, 2.75) is 64.7 Å². The maximum absolute atomic E-state index is 13.2. The van der Waals surface area contributed by atoms with E-state index in [2.05, 4.69) is 20.8 Å². The number of alkyl halides is 3. The lowest BCUT2D eigenvalue weighted by molar-refractivity contribution is -0.137. The molecule has 1 amide bonds. The molecule has 3 aromatic rings. The van der Waals surface area contributed by atoms with Gasteiger partial charge in [0, 0.05) is 13.0 Å². The molecule has 1 aromatic heterocycles. The molecule has 0 saturated carbocycles. The molecule has 0 radical (unpaired) electrons. The Morgan fingerprint density at radius 1 is 1.00 bits per heavy atom. The van der Waals surface area contributed by atoms with E-state index < -0.39 is 26.8 Å². The average molecular weight is 552 g/mol. The topological polar surface area (TPSA) is 76.8 Å². The van der Waals surface area contributed by atoms with Gasteiger partial charge >= 0.3 is 16.3 Å². The van der Waals surface area contributed by atoms with E-state index in [1.807, 2.05) is 6.92 Å². The van der Waals surface area contributed by atoms with Gasteiger partial charge in [-0.3, -0.25) is 4.79 Å². The predicted octanol–water partition coefficient (Wildman–Crippen LogP) is 7.06. The molecule has 0 aliphatic heterocycles. The first-order chi connectivity index (χ1) is 17.6. The van der Waals surface area contributed by atoms with Crippen LogP contribution in [0.1, 0.15) is 57.4 Å². The summed E-state index contributed by atoms with van der Waals surface area (Å²) in [5.74, 6) is 0.715. The highest BCUT2D eigenvalue weighted by molar-refractivity contribution is 7.87. The third kappa shape index (κ3) is 8.65. The summed E-state index contributed by atoms with van der Waals surface area (Å²) in [6.07, 6.45) is -1.89. The second kappa shape index (κ2) is 11.6. The first kappa shape index (κ1) is 29.3. The number of amides is 1. The number of benzene rings is 2. The summed E-state index contributed by atoms with van der Waals surface area (Å²) in [7, 11) is -4.49. The summed E-state index contributed by atoms with van der Waals surface area (Å²) in [6.45, 7) is 8.96. The summed E-state index contributed by atoms with van der Waals surface area (Å²) in [6, 6.07) is 12.9. The quantitative estimate of drug-likeness (QED) is 0.252. The molecule has 6 nitrogen and oxygen atoms in total. The molecule has 0 aliphatic carbocycles. The van der Waals surface area contributed by atoms with Gasteiger partial charge in [0.05, 0.1) is 18.4 Å². The molecule has 0 saturated heterocycles. The van der Waals surface area contributed by atoms with E-state index in [1.54, 1.807) is 29.2 Å². The molecule has 0 N–H and O–H groups in total. The van der Waals surface area contributed by atoms with Crippen LogP contribution in [0.4, 0.5) is 13.2 Å². The Labute approximate surface area is 221 Å². The van der Waals surface area contributed by atoms with Gasteiger partial charge in [-0.1, -0.05) is 45.9 Å². The first-order valence-corrected chi connectivity index (χ1v) is 13.5. The second-order valence-electron chi connectivity index (χ2n) is 10.6. The van der Waals surface area contributed by atoms with Crippen molar-refractivity contribution in [3.63, 3.8) is 0 Å². The van der Waals surface area contributed by atoms with E-state index in [4.69, 9.17) is 8.60 Å². The van der Waals surface area contributed by atoms with Crippen molar-refractivity contribution in [2.24, 2.45) is 11.3 Å². The summed E-state index contributed by atoms with van der Waals surface area (Å²) in [5.41, 5.74) is -0.275. The largest absolute Gasteiger partial charge is 0.467 e. The van der Waals surface area contributed by atoms with Crippen molar-refractivity contribution in [3.05, 3.63) is 83.8 Å². The van der Waals surface area contributed by atoms with E-state index in [1.165, 1.54) is 18.4 Å². The van der Waals surface area contributed by atoms with Gasteiger partial charge in [-0.05, 0) is 65.8 Å². The monoisotopic (exact) mass is 551 g/mol. The third-order valence-electron chi connectivity index (χ3n) is 5.72. The van der Waals surface area contributed by atoms with E-state index in [9.17, 15) is 26.4 Å². The van der Waals surface area contributed by atoms with Gasteiger partial charge in [0.25, 0.3) is 0 Å². The van der Waals surface area contributed by atoms with Crippen molar-refractivity contribution in [1.82, 2.24) is 4.90 Å². The van der Waals surface area contributed by atoms with Crippen LogP contribution in [-0.4, -0.2) is 19.2 Å². The number of rotatable bonds is 10. The van der Waals surface area contributed by atoms with E-state index >= 15 is 0 Å². The van der Waals surface area contributed by atoms with Crippen LogP contribution in [0, 0.1) is 11.3 Å². The van der Waals surface area contributed by atoms with Crippen molar-refractivity contribution in [3.8, 4) is 5.75 Å². The van der Waals surface area contributed by atoms with Gasteiger partial charge in [0.15, 0.2) is 0 Å². The Balaban J connectivity index is 1.72. The van der Waals surface area contributed by atoms with Crippen LogP contribution in [0.5, 0.6) is 5.75 Å². The second-order valence-corrected chi connectivity index (χ2v) is 12.2. The molecule has 0 spiro atoms. The smallest absolute Gasteiger partial charge is 0.416 e. The van der Waals surface area contributed by atoms with Gasteiger partial charge in [-0.2, -0.15) is 21.6 Å². The lowest BCUT2D eigenvalue weighted by Gasteiger charge is -2.27. The fourth-order valence-corrected chi connectivity index (χ4v) is 5.22. The number of hydrogen-bond donors (Lipinski definition) is 0. The highest BCUT2D eigenvalue weighted by Gasteiger charge is 2.32. The van der Waals surface area contributed by atoms with Crippen LogP contribution >= 0.6 is 0 Å². The number of halogens is 3. The zero-order valence-electron chi connectivity index (χ0n) is 21.8. The SMILES string of the molecule is C[C@@H](CC(=O)N(Cc1ccc(OS(=O)(=O)c2cccc(C(F)(F)F)c2)cc1)Cc1ccco1)CC(C)(C)C. The summed E-state index contributed by atoms with van der Waals surface area (Å²) >= 11 is 0. The zero-order valence-corrected chi connectivity index (χ0v) is 22.6. The van der Waals surface area contributed by atoms with Crippen LogP contribution < -0.4 is 4.18 Å². The first-order valence-electron chi connectivity index (χ1n) is 12.1. The fraction of sp³-hybridized carbons (Fsp3) is 0.393. The molecular weight excluding hydrogens is 519 g/mol. The number of carbonyl (C=O) groups is 1. The highest BCUT2D eigenvalue weighted by atomic mass is 32.2. The lowest BCUT2D eigenvalue weighted by atomic mass is 9.84. The number of furan rings is 1. The summed E-state index contributed by atoms with van der Waals surface area (Å²) < 4.78 is 74.5. The zero-order chi connectivity index (χ0) is 28.1. The molecule has 38 heavy (non-hydrogen) atoms. The minimum Gasteiger partial charge on any atom is -0.467 e. The Morgan fingerprint density at radius 2 is 1.68 bits per heavy atom. The van der Waals surface area contributed by atoms with Crippen molar-refractivity contribution in [1.29, 1.82) is 0 Å². The van der Waals surface area contributed by atoms with Crippen LogP contribution in [-0.2, 0) is 34.2 Å². The number of nitrogens with zero attached hydrogens (tertiary/aromatic N) is 1. The van der Waals surface area contributed by atoms with E-state index in [0.717, 1.165) is 30.2 Å². The minimum atomic E-state index is -4.68. The Hall–Kier alpha value is -3.27. The molecule has 0 fully saturated rings. The van der Waals surface area contributed by atoms with Gasteiger partial charge < -0.3 is 13.5 Å².